The van der Waals surface area contributed by atoms with E-state index in [-0.39, 0.29) is 21.7 Å². The lowest BCUT2D eigenvalue weighted by Crippen LogP contribution is -2.47. The van der Waals surface area contributed by atoms with Gasteiger partial charge < -0.3 is 0 Å². The number of carbonyl (C=O) groups is 3. The SMILES string of the molecule is CN(C(=O)c1ccc(Cl)cc1Cl)N1C(=O)c2cc(Br)c3ccccc3c2C1=O. The van der Waals surface area contributed by atoms with Crippen molar-refractivity contribution in [2.24, 2.45) is 0 Å². The molecular weight excluding hydrogens is 467 g/mol. The monoisotopic (exact) mass is 476 g/mol. The number of amides is 3. The molecule has 0 spiro atoms. The first-order valence-corrected chi connectivity index (χ1v) is 9.69. The molecule has 0 atom stereocenters. The molecule has 0 radical (unpaired) electrons. The molecule has 4 rings (SSSR count). The van der Waals surface area contributed by atoms with E-state index in [4.69, 9.17) is 23.2 Å². The van der Waals surface area contributed by atoms with Crippen molar-refractivity contribution in [3.8, 4) is 0 Å². The van der Waals surface area contributed by atoms with Crippen molar-refractivity contribution < 1.29 is 14.4 Å². The van der Waals surface area contributed by atoms with Crippen LogP contribution in [-0.2, 0) is 0 Å². The van der Waals surface area contributed by atoms with Crippen LogP contribution in [0.2, 0.25) is 10.0 Å². The molecule has 3 aromatic carbocycles. The molecule has 1 aliphatic heterocycles. The number of halogens is 3. The van der Waals surface area contributed by atoms with Gasteiger partial charge in [0, 0.05) is 16.5 Å². The van der Waals surface area contributed by atoms with Gasteiger partial charge in [-0.15, -0.1) is 0 Å². The summed E-state index contributed by atoms with van der Waals surface area (Å²) in [5.41, 5.74) is 0.638. The number of rotatable bonds is 2. The molecule has 0 bridgehead atoms. The lowest BCUT2D eigenvalue weighted by molar-refractivity contribution is 0.0128. The number of hydrogen-bond acceptors (Lipinski definition) is 3. The fourth-order valence-corrected chi connectivity index (χ4v) is 4.31. The molecule has 0 unspecified atom stereocenters. The lowest BCUT2D eigenvalue weighted by atomic mass is 10.0. The summed E-state index contributed by atoms with van der Waals surface area (Å²) in [7, 11) is 1.35. The van der Waals surface area contributed by atoms with Crippen molar-refractivity contribution in [2.75, 3.05) is 7.05 Å². The van der Waals surface area contributed by atoms with Gasteiger partial charge in [-0.2, -0.15) is 5.01 Å². The van der Waals surface area contributed by atoms with E-state index >= 15 is 0 Å². The predicted octanol–water partition coefficient (Wildman–Crippen LogP) is 5.19. The average molecular weight is 478 g/mol. The van der Waals surface area contributed by atoms with E-state index in [0.29, 0.717) is 14.9 Å². The minimum absolute atomic E-state index is 0.133. The summed E-state index contributed by atoms with van der Waals surface area (Å²) in [4.78, 5) is 38.9. The number of carbonyl (C=O) groups excluding carboxylic acids is 3. The first kappa shape index (κ1) is 18.9. The Morgan fingerprint density at radius 1 is 1.00 bits per heavy atom. The maximum Gasteiger partial charge on any atom is 0.281 e. The van der Waals surface area contributed by atoms with Crippen molar-refractivity contribution in [2.45, 2.75) is 0 Å². The Labute approximate surface area is 178 Å². The van der Waals surface area contributed by atoms with E-state index in [9.17, 15) is 14.4 Å². The van der Waals surface area contributed by atoms with E-state index in [1.54, 1.807) is 18.2 Å². The van der Waals surface area contributed by atoms with Crippen molar-refractivity contribution in [3.63, 3.8) is 0 Å². The standard InChI is InChI=1S/C20H11BrCl2N2O3/c1-24(18(26)13-7-6-10(22)8-16(13)23)25-19(27)14-9-15(21)11-4-2-3-5-12(11)17(14)20(25)28/h2-9H,1H3. The van der Waals surface area contributed by atoms with E-state index < -0.39 is 17.7 Å². The molecule has 140 valence electrons. The van der Waals surface area contributed by atoms with Crippen LogP contribution in [0.4, 0.5) is 0 Å². The zero-order valence-electron chi connectivity index (χ0n) is 14.4. The number of imide groups is 1. The fraction of sp³-hybridized carbons (Fsp3) is 0.0500. The second-order valence-electron chi connectivity index (χ2n) is 6.20. The largest absolute Gasteiger partial charge is 0.281 e. The molecule has 0 fully saturated rings. The van der Waals surface area contributed by atoms with Gasteiger partial charge in [0.25, 0.3) is 17.7 Å². The van der Waals surface area contributed by atoms with Gasteiger partial charge in [0.15, 0.2) is 0 Å². The summed E-state index contributed by atoms with van der Waals surface area (Å²) in [6.07, 6.45) is 0. The molecular formula is C20H11BrCl2N2O3. The fourth-order valence-electron chi connectivity index (χ4n) is 3.24. The molecule has 3 amide bonds. The Hall–Kier alpha value is -2.41. The Kier molecular flexibility index (Phi) is 4.65. The molecule has 8 heteroatoms. The number of nitrogens with zero attached hydrogens (tertiary/aromatic N) is 2. The van der Waals surface area contributed by atoms with Crippen LogP contribution in [0.15, 0.2) is 53.0 Å². The highest BCUT2D eigenvalue weighted by atomic mass is 79.9. The van der Waals surface area contributed by atoms with Crippen LogP contribution >= 0.6 is 39.1 Å². The molecule has 0 saturated carbocycles. The molecule has 28 heavy (non-hydrogen) atoms. The lowest BCUT2D eigenvalue weighted by Gasteiger charge is -2.26. The van der Waals surface area contributed by atoms with Crippen LogP contribution in [0.5, 0.6) is 0 Å². The predicted molar refractivity (Wildman–Crippen MR) is 111 cm³/mol. The minimum atomic E-state index is -0.598. The Bertz CT molecular complexity index is 1200. The van der Waals surface area contributed by atoms with Gasteiger partial charge in [-0.3, -0.25) is 14.4 Å². The van der Waals surface area contributed by atoms with Crippen molar-refractivity contribution in [1.29, 1.82) is 0 Å². The second kappa shape index (κ2) is 6.88. The minimum Gasteiger partial charge on any atom is -0.267 e. The molecule has 0 aromatic heterocycles. The molecule has 0 saturated heterocycles. The van der Waals surface area contributed by atoms with Gasteiger partial charge in [0.1, 0.15) is 0 Å². The summed E-state index contributed by atoms with van der Waals surface area (Å²) in [5.74, 6) is -1.74. The Balaban J connectivity index is 1.79. The summed E-state index contributed by atoms with van der Waals surface area (Å²) >= 11 is 15.4. The molecule has 1 aliphatic rings. The van der Waals surface area contributed by atoms with Crippen molar-refractivity contribution in [3.05, 3.63) is 79.7 Å². The van der Waals surface area contributed by atoms with E-state index in [1.165, 1.54) is 25.2 Å². The Morgan fingerprint density at radius 2 is 1.68 bits per heavy atom. The highest BCUT2D eigenvalue weighted by Crippen LogP contribution is 2.36. The van der Waals surface area contributed by atoms with Crippen LogP contribution in [-0.4, -0.2) is 34.8 Å². The van der Waals surface area contributed by atoms with Gasteiger partial charge in [-0.1, -0.05) is 63.4 Å². The summed E-state index contributed by atoms with van der Waals surface area (Å²) in [6, 6.07) is 13.3. The van der Waals surface area contributed by atoms with Gasteiger partial charge in [0.05, 0.1) is 21.7 Å². The van der Waals surface area contributed by atoms with E-state index in [0.717, 1.165) is 15.4 Å². The van der Waals surface area contributed by atoms with Crippen LogP contribution in [0.1, 0.15) is 31.1 Å². The maximum atomic E-state index is 13.1. The van der Waals surface area contributed by atoms with Crippen LogP contribution in [0.3, 0.4) is 0 Å². The van der Waals surface area contributed by atoms with Crippen molar-refractivity contribution >= 4 is 67.6 Å². The Morgan fingerprint density at radius 3 is 2.36 bits per heavy atom. The first-order valence-electron chi connectivity index (χ1n) is 8.14. The zero-order valence-corrected chi connectivity index (χ0v) is 17.5. The quantitative estimate of drug-likeness (QED) is 0.477. The van der Waals surface area contributed by atoms with E-state index in [2.05, 4.69) is 15.9 Å². The number of benzene rings is 3. The molecule has 0 N–H and O–H groups in total. The zero-order chi connectivity index (χ0) is 20.2. The third-order valence-electron chi connectivity index (χ3n) is 4.58. The summed E-state index contributed by atoms with van der Waals surface area (Å²) in [5, 5.41) is 3.76. The maximum absolute atomic E-state index is 13.1. The smallest absolute Gasteiger partial charge is 0.267 e. The third kappa shape index (κ3) is 2.80. The van der Waals surface area contributed by atoms with Gasteiger partial charge in [-0.25, -0.2) is 5.01 Å². The highest BCUT2D eigenvalue weighted by molar-refractivity contribution is 9.10. The van der Waals surface area contributed by atoms with Crippen LogP contribution < -0.4 is 0 Å². The second-order valence-corrected chi connectivity index (χ2v) is 7.90. The van der Waals surface area contributed by atoms with Crippen LogP contribution in [0, 0.1) is 0 Å². The van der Waals surface area contributed by atoms with Gasteiger partial charge in [0.2, 0.25) is 0 Å². The number of hydrogen-bond donors (Lipinski definition) is 0. The third-order valence-corrected chi connectivity index (χ3v) is 5.78. The molecule has 5 nitrogen and oxygen atoms in total. The van der Waals surface area contributed by atoms with E-state index in [1.807, 2.05) is 12.1 Å². The van der Waals surface area contributed by atoms with Crippen LogP contribution in [0.25, 0.3) is 10.8 Å². The summed E-state index contributed by atoms with van der Waals surface area (Å²) in [6.45, 7) is 0. The molecule has 1 heterocycles. The highest BCUT2D eigenvalue weighted by Gasteiger charge is 2.42. The molecule has 0 aliphatic carbocycles. The first-order chi connectivity index (χ1) is 13.3. The number of hydrazine groups is 1. The van der Waals surface area contributed by atoms with Gasteiger partial charge >= 0.3 is 0 Å². The normalized spacial score (nSPS) is 13.2. The average Bonchev–Trinajstić information content (AvgIpc) is 2.91. The topological polar surface area (TPSA) is 57.7 Å². The summed E-state index contributed by atoms with van der Waals surface area (Å²) < 4.78 is 0.694. The molecule has 3 aromatic rings. The van der Waals surface area contributed by atoms with Crippen molar-refractivity contribution in [1.82, 2.24) is 10.0 Å². The number of fused-ring (bicyclic) bond motifs is 3. The van der Waals surface area contributed by atoms with Gasteiger partial charge in [-0.05, 0) is 35.0 Å².